The predicted octanol–water partition coefficient (Wildman–Crippen LogP) is 2.77. The lowest BCUT2D eigenvalue weighted by atomic mass is 9.87. The van der Waals surface area contributed by atoms with Gasteiger partial charge >= 0.3 is 5.97 Å². The maximum Gasteiger partial charge on any atom is 0.304 e. The summed E-state index contributed by atoms with van der Waals surface area (Å²) in [5.74, 6) is -1.16. The second-order valence-electron chi connectivity index (χ2n) is 5.61. The molecule has 104 valence electrons. The summed E-state index contributed by atoms with van der Waals surface area (Å²) in [6.45, 7) is 7.25. The highest BCUT2D eigenvalue weighted by Gasteiger charge is 2.33. The highest BCUT2D eigenvalue weighted by Crippen LogP contribution is 2.28. The fourth-order valence-electron chi connectivity index (χ4n) is 2.20. The first kappa shape index (κ1) is 15.2. The summed E-state index contributed by atoms with van der Waals surface area (Å²) in [5, 5.41) is 8.87. The van der Waals surface area contributed by atoms with Gasteiger partial charge in [0.2, 0.25) is 5.91 Å². The SMILES string of the molecule is Cc1ccc(N(C)C(=O)C(C)(C)CC(=O)O)c(C)c1. The first-order chi connectivity index (χ1) is 8.65. The average Bonchev–Trinajstić information content (AvgIpc) is 2.25. The Labute approximate surface area is 114 Å². The number of aryl methyl sites for hydroxylation is 2. The number of benzene rings is 1. The molecule has 1 rings (SSSR count). The Kier molecular flexibility index (Phi) is 4.35. The van der Waals surface area contributed by atoms with Crippen LogP contribution in [0.15, 0.2) is 18.2 Å². The van der Waals surface area contributed by atoms with Crippen molar-refractivity contribution >= 4 is 17.6 Å². The van der Waals surface area contributed by atoms with Crippen LogP contribution in [-0.4, -0.2) is 24.0 Å². The number of carboxylic acid groups (broad SMARTS) is 1. The molecule has 4 nitrogen and oxygen atoms in total. The maximum atomic E-state index is 12.4. The number of nitrogens with zero attached hydrogens (tertiary/aromatic N) is 1. The number of aliphatic carboxylic acids is 1. The van der Waals surface area contributed by atoms with Crippen LogP contribution in [0.2, 0.25) is 0 Å². The smallest absolute Gasteiger partial charge is 0.304 e. The van der Waals surface area contributed by atoms with Gasteiger partial charge in [0.15, 0.2) is 0 Å². The van der Waals surface area contributed by atoms with E-state index in [9.17, 15) is 9.59 Å². The number of hydrogen-bond donors (Lipinski definition) is 1. The van der Waals surface area contributed by atoms with Crippen LogP contribution in [0.25, 0.3) is 0 Å². The molecule has 1 aromatic carbocycles. The van der Waals surface area contributed by atoms with Crippen LogP contribution in [0, 0.1) is 19.3 Å². The average molecular weight is 263 g/mol. The summed E-state index contributed by atoms with van der Waals surface area (Å²) < 4.78 is 0. The topological polar surface area (TPSA) is 57.6 Å². The highest BCUT2D eigenvalue weighted by atomic mass is 16.4. The number of carbonyl (C=O) groups excluding carboxylic acids is 1. The van der Waals surface area contributed by atoms with Gasteiger partial charge in [-0.2, -0.15) is 0 Å². The molecule has 1 N–H and O–H groups in total. The number of anilines is 1. The lowest BCUT2D eigenvalue weighted by molar-refractivity contribution is -0.143. The Morgan fingerprint density at radius 3 is 2.32 bits per heavy atom. The van der Waals surface area contributed by atoms with Crippen molar-refractivity contribution in [1.29, 1.82) is 0 Å². The van der Waals surface area contributed by atoms with Crippen molar-refractivity contribution in [2.45, 2.75) is 34.1 Å². The second-order valence-corrected chi connectivity index (χ2v) is 5.61. The Morgan fingerprint density at radius 1 is 1.26 bits per heavy atom. The lowest BCUT2D eigenvalue weighted by Gasteiger charge is -2.29. The van der Waals surface area contributed by atoms with Crippen LogP contribution in [0.4, 0.5) is 5.69 Å². The third-order valence-corrected chi connectivity index (χ3v) is 3.19. The zero-order chi connectivity index (χ0) is 14.8. The minimum atomic E-state index is -0.965. The molecule has 0 aromatic heterocycles. The Morgan fingerprint density at radius 2 is 1.84 bits per heavy atom. The van der Waals surface area contributed by atoms with Gasteiger partial charge < -0.3 is 10.0 Å². The molecule has 0 bridgehead atoms. The molecule has 1 aromatic rings. The van der Waals surface area contributed by atoms with E-state index in [4.69, 9.17) is 5.11 Å². The van der Waals surface area contributed by atoms with Crippen LogP contribution < -0.4 is 4.90 Å². The Balaban J connectivity index is 3.02. The number of rotatable bonds is 4. The van der Waals surface area contributed by atoms with E-state index in [1.54, 1.807) is 20.9 Å². The van der Waals surface area contributed by atoms with Gasteiger partial charge in [-0.1, -0.05) is 31.5 Å². The minimum Gasteiger partial charge on any atom is -0.481 e. The van der Waals surface area contributed by atoms with Gasteiger partial charge in [-0.05, 0) is 25.5 Å². The van der Waals surface area contributed by atoms with Crippen molar-refractivity contribution < 1.29 is 14.7 Å². The molecule has 0 radical (unpaired) electrons. The van der Waals surface area contributed by atoms with Crippen molar-refractivity contribution in [3.63, 3.8) is 0 Å². The molecule has 1 amide bonds. The molecule has 0 unspecified atom stereocenters. The van der Waals surface area contributed by atoms with Crippen molar-refractivity contribution in [2.75, 3.05) is 11.9 Å². The second kappa shape index (κ2) is 5.43. The fourth-order valence-corrected chi connectivity index (χ4v) is 2.20. The van der Waals surface area contributed by atoms with Crippen molar-refractivity contribution in [1.82, 2.24) is 0 Å². The van der Waals surface area contributed by atoms with Gasteiger partial charge in [-0.15, -0.1) is 0 Å². The Hall–Kier alpha value is -1.84. The summed E-state index contributed by atoms with van der Waals surface area (Å²) in [4.78, 5) is 24.8. The molecule has 0 aliphatic carbocycles. The molecule has 0 atom stereocenters. The molecule has 0 saturated heterocycles. The van der Waals surface area contributed by atoms with Crippen molar-refractivity contribution in [3.8, 4) is 0 Å². The van der Waals surface area contributed by atoms with Gasteiger partial charge in [0.25, 0.3) is 0 Å². The molecule has 0 heterocycles. The molecule has 0 spiro atoms. The number of hydrogen-bond acceptors (Lipinski definition) is 2. The monoisotopic (exact) mass is 263 g/mol. The molecule has 0 saturated carbocycles. The standard InChI is InChI=1S/C15H21NO3/c1-10-6-7-12(11(2)8-10)16(5)14(19)15(3,4)9-13(17)18/h6-8H,9H2,1-5H3,(H,17,18). The van der Waals surface area contributed by atoms with Crippen LogP contribution in [0.1, 0.15) is 31.4 Å². The van der Waals surface area contributed by atoms with Crippen molar-refractivity contribution in [2.24, 2.45) is 5.41 Å². The van der Waals surface area contributed by atoms with Gasteiger partial charge in [0.1, 0.15) is 0 Å². The summed E-state index contributed by atoms with van der Waals surface area (Å²) in [5.41, 5.74) is 2.03. The summed E-state index contributed by atoms with van der Waals surface area (Å²) >= 11 is 0. The van der Waals surface area contributed by atoms with Crippen LogP contribution >= 0.6 is 0 Å². The largest absolute Gasteiger partial charge is 0.481 e. The third-order valence-electron chi connectivity index (χ3n) is 3.19. The lowest BCUT2D eigenvalue weighted by Crippen LogP contribution is -2.40. The van der Waals surface area contributed by atoms with Gasteiger partial charge in [-0.3, -0.25) is 9.59 Å². The first-order valence-electron chi connectivity index (χ1n) is 6.22. The van der Waals surface area contributed by atoms with E-state index in [1.807, 2.05) is 32.0 Å². The quantitative estimate of drug-likeness (QED) is 0.908. The number of carbonyl (C=O) groups is 2. The van der Waals surface area contributed by atoms with Crippen LogP contribution in [0.5, 0.6) is 0 Å². The summed E-state index contributed by atoms with van der Waals surface area (Å²) in [7, 11) is 1.68. The molecule has 0 aliphatic heterocycles. The molecule has 0 fully saturated rings. The maximum absolute atomic E-state index is 12.4. The third kappa shape index (κ3) is 3.56. The van der Waals surface area contributed by atoms with E-state index in [1.165, 1.54) is 4.90 Å². The number of carboxylic acids is 1. The van der Waals surface area contributed by atoms with E-state index in [0.717, 1.165) is 16.8 Å². The van der Waals surface area contributed by atoms with Gasteiger partial charge in [-0.25, -0.2) is 0 Å². The van der Waals surface area contributed by atoms with Crippen LogP contribution in [0.3, 0.4) is 0 Å². The predicted molar refractivity (Wildman–Crippen MR) is 75.4 cm³/mol. The normalized spacial score (nSPS) is 11.2. The minimum absolute atomic E-state index is 0.179. The van der Waals surface area contributed by atoms with Gasteiger partial charge in [0.05, 0.1) is 11.8 Å². The zero-order valence-corrected chi connectivity index (χ0v) is 12.2. The van der Waals surface area contributed by atoms with Gasteiger partial charge in [0, 0.05) is 12.7 Å². The fraction of sp³-hybridized carbons (Fsp3) is 0.467. The van der Waals surface area contributed by atoms with E-state index in [-0.39, 0.29) is 12.3 Å². The summed E-state index contributed by atoms with van der Waals surface area (Å²) in [6, 6.07) is 5.83. The summed E-state index contributed by atoms with van der Waals surface area (Å²) in [6.07, 6.45) is -0.179. The van der Waals surface area contributed by atoms with E-state index < -0.39 is 11.4 Å². The highest BCUT2D eigenvalue weighted by molar-refractivity contribution is 5.99. The first-order valence-corrected chi connectivity index (χ1v) is 6.22. The Bertz CT molecular complexity index is 506. The molecular formula is C15H21NO3. The van der Waals surface area contributed by atoms with E-state index in [2.05, 4.69) is 0 Å². The zero-order valence-electron chi connectivity index (χ0n) is 12.2. The van der Waals surface area contributed by atoms with E-state index in [0.29, 0.717) is 0 Å². The van der Waals surface area contributed by atoms with Crippen molar-refractivity contribution in [3.05, 3.63) is 29.3 Å². The molecule has 19 heavy (non-hydrogen) atoms. The molecule has 0 aliphatic rings. The molecular weight excluding hydrogens is 242 g/mol. The van der Waals surface area contributed by atoms with Crippen LogP contribution in [-0.2, 0) is 9.59 Å². The van der Waals surface area contributed by atoms with E-state index >= 15 is 0 Å². The number of amides is 1. The molecule has 4 heteroatoms.